The summed E-state index contributed by atoms with van der Waals surface area (Å²) in [5.41, 5.74) is 2.52. The molecule has 3 rings (SSSR count). The molecular formula is C18H17F3N2O. The summed E-state index contributed by atoms with van der Waals surface area (Å²) < 4.78 is 37.9. The molecule has 1 amide bonds. The monoisotopic (exact) mass is 334 g/mol. The Kier molecular flexibility index (Phi) is 4.22. The summed E-state index contributed by atoms with van der Waals surface area (Å²) in [7, 11) is 0. The molecule has 0 saturated heterocycles. The summed E-state index contributed by atoms with van der Waals surface area (Å²) in [5, 5.41) is 6.10. The van der Waals surface area contributed by atoms with E-state index in [-0.39, 0.29) is 11.9 Å². The van der Waals surface area contributed by atoms with Crippen LogP contribution in [0.25, 0.3) is 0 Å². The number of carbonyl (C=O) groups excluding carboxylic acids is 1. The maximum Gasteiger partial charge on any atom is 0.416 e. The molecular weight excluding hydrogens is 317 g/mol. The third kappa shape index (κ3) is 3.22. The molecule has 1 aliphatic heterocycles. The highest BCUT2D eigenvalue weighted by atomic mass is 19.4. The summed E-state index contributed by atoms with van der Waals surface area (Å²) in [6.45, 7) is 2.46. The number of nitrogens with one attached hydrogen (secondary N) is 2. The van der Waals surface area contributed by atoms with Gasteiger partial charge in [0.15, 0.2) is 0 Å². The zero-order valence-electron chi connectivity index (χ0n) is 13.1. The third-order valence-corrected chi connectivity index (χ3v) is 4.19. The number of carbonyl (C=O) groups is 1. The van der Waals surface area contributed by atoms with Crippen LogP contribution in [0.1, 0.15) is 40.0 Å². The highest BCUT2D eigenvalue weighted by Crippen LogP contribution is 2.31. The maximum atomic E-state index is 12.6. The minimum absolute atomic E-state index is 0.0953. The molecule has 0 bridgehead atoms. The Morgan fingerprint density at radius 1 is 1.12 bits per heavy atom. The SMILES string of the molecule is CC(Nc1cccc2c1CCNC2=O)c1ccc(C(F)(F)F)cc1. The predicted octanol–water partition coefficient (Wildman–Crippen LogP) is 4.16. The number of anilines is 1. The quantitative estimate of drug-likeness (QED) is 0.885. The van der Waals surface area contributed by atoms with Gasteiger partial charge in [0.05, 0.1) is 5.56 Å². The predicted molar refractivity (Wildman–Crippen MR) is 86.0 cm³/mol. The maximum absolute atomic E-state index is 12.6. The second-order valence-electron chi connectivity index (χ2n) is 5.82. The van der Waals surface area contributed by atoms with Gasteiger partial charge in [-0.2, -0.15) is 13.2 Å². The lowest BCUT2D eigenvalue weighted by Gasteiger charge is -2.23. The van der Waals surface area contributed by atoms with E-state index in [0.29, 0.717) is 12.1 Å². The number of hydrogen-bond acceptors (Lipinski definition) is 2. The van der Waals surface area contributed by atoms with Crippen molar-refractivity contribution in [3.05, 3.63) is 64.7 Å². The van der Waals surface area contributed by atoms with Gasteiger partial charge in [0.1, 0.15) is 0 Å². The lowest BCUT2D eigenvalue weighted by atomic mass is 9.97. The first-order valence-electron chi connectivity index (χ1n) is 7.70. The first-order chi connectivity index (χ1) is 11.4. The molecule has 0 saturated carbocycles. The molecule has 2 aromatic rings. The van der Waals surface area contributed by atoms with Gasteiger partial charge in [-0.1, -0.05) is 18.2 Å². The Morgan fingerprint density at radius 3 is 2.50 bits per heavy atom. The van der Waals surface area contributed by atoms with Crippen LogP contribution < -0.4 is 10.6 Å². The topological polar surface area (TPSA) is 41.1 Å². The van der Waals surface area contributed by atoms with E-state index in [1.54, 1.807) is 12.1 Å². The minimum atomic E-state index is -4.33. The highest BCUT2D eigenvalue weighted by Gasteiger charge is 2.30. The molecule has 1 atom stereocenters. The molecule has 2 N–H and O–H groups in total. The van der Waals surface area contributed by atoms with Crippen LogP contribution >= 0.6 is 0 Å². The summed E-state index contributed by atoms with van der Waals surface area (Å²) in [4.78, 5) is 11.9. The fourth-order valence-electron chi connectivity index (χ4n) is 2.88. The van der Waals surface area contributed by atoms with Crippen molar-refractivity contribution in [1.82, 2.24) is 5.32 Å². The fourth-order valence-corrected chi connectivity index (χ4v) is 2.88. The van der Waals surface area contributed by atoms with E-state index in [9.17, 15) is 18.0 Å². The molecule has 2 aromatic carbocycles. The molecule has 0 fully saturated rings. The number of alkyl halides is 3. The number of fused-ring (bicyclic) bond motifs is 1. The summed E-state index contributed by atoms with van der Waals surface area (Å²) in [5.74, 6) is -0.0953. The standard InChI is InChI=1S/C18H17F3N2O/c1-11(12-5-7-13(8-6-12)18(19,20)21)23-16-4-2-3-15-14(16)9-10-22-17(15)24/h2-8,11,23H,9-10H2,1H3,(H,22,24). The Labute approximate surface area is 137 Å². The smallest absolute Gasteiger partial charge is 0.378 e. The van der Waals surface area contributed by atoms with Crippen molar-refractivity contribution in [2.75, 3.05) is 11.9 Å². The van der Waals surface area contributed by atoms with E-state index in [4.69, 9.17) is 0 Å². The van der Waals surface area contributed by atoms with E-state index < -0.39 is 11.7 Å². The second-order valence-corrected chi connectivity index (χ2v) is 5.82. The van der Waals surface area contributed by atoms with E-state index in [2.05, 4.69) is 10.6 Å². The molecule has 6 heteroatoms. The average molecular weight is 334 g/mol. The number of hydrogen-bond donors (Lipinski definition) is 2. The van der Waals surface area contributed by atoms with Gasteiger partial charge in [0.2, 0.25) is 0 Å². The van der Waals surface area contributed by atoms with E-state index >= 15 is 0 Å². The van der Waals surface area contributed by atoms with Crippen molar-refractivity contribution in [2.45, 2.75) is 25.6 Å². The summed E-state index contributed by atoms with van der Waals surface area (Å²) in [6, 6.07) is 10.4. The van der Waals surface area contributed by atoms with Gasteiger partial charge in [0, 0.05) is 23.8 Å². The summed E-state index contributed by atoms with van der Waals surface area (Å²) >= 11 is 0. The molecule has 3 nitrogen and oxygen atoms in total. The summed E-state index contributed by atoms with van der Waals surface area (Å²) in [6.07, 6.45) is -3.61. The van der Waals surface area contributed by atoms with Gasteiger partial charge in [-0.15, -0.1) is 0 Å². The molecule has 0 aliphatic carbocycles. The van der Waals surface area contributed by atoms with Crippen molar-refractivity contribution in [3.63, 3.8) is 0 Å². The lowest BCUT2D eigenvalue weighted by molar-refractivity contribution is -0.137. The Morgan fingerprint density at radius 2 is 1.83 bits per heavy atom. The molecule has 1 aliphatic rings. The zero-order chi connectivity index (χ0) is 17.3. The molecule has 24 heavy (non-hydrogen) atoms. The van der Waals surface area contributed by atoms with Gasteiger partial charge < -0.3 is 10.6 Å². The van der Waals surface area contributed by atoms with Gasteiger partial charge in [0.25, 0.3) is 5.91 Å². The molecule has 0 aromatic heterocycles. The van der Waals surface area contributed by atoms with E-state index in [1.807, 2.05) is 13.0 Å². The molecule has 0 radical (unpaired) electrons. The Balaban J connectivity index is 1.82. The fraction of sp³-hybridized carbons (Fsp3) is 0.278. The first-order valence-corrected chi connectivity index (χ1v) is 7.70. The van der Waals surface area contributed by atoms with Crippen LogP contribution in [0.3, 0.4) is 0 Å². The molecule has 126 valence electrons. The highest BCUT2D eigenvalue weighted by molar-refractivity contribution is 5.98. The van der Waals surface area contributed by atoms with Gasteiger partial charge in [-0.25, -0.2) is 0 Å². The normalized spacial score (nSPS) is 15.4. The van der Waals surface area contributed by atoms with Gasteiger partial charge >= 0.3 is 6.18 Å². The van der Waals surface area contributed by atoms with Crippen molar-refractivity contribution >= 4 is 11.6 Å². The number of amides is 1. The molecule has 1 unspecified atom stereocenters. The lowest BCUT2D eigenvalue weighted by Crippen LogP contribution is -2.32. The van der Waals surface area contributed by atoms with E-state index in [1.165, 1.54) is 12.1 Å². The van der Waals surface area contributed by atoms with Crippen molar-refractivity contribution in [2.24, 2.45) is 0 Å². The van der Waals surface area contributed by atoms with Crippen LogP contribution in [0.5, 0.6) is 0 Å². The number of benzene rings is 2. The van der Waals surface area contributed by atoms with Crippen molar-refractivity contribution in [1.29, 1.82) is 0 Å². The molecule has 0 spiro atoms. The van der Waals surface area contributed by atoms with Gasteiger partial charge in [-0.3, -0.25) is 4.79 Å². The van der Waals surface area contributed by atoms with Crippen molar-refractivity contribution < 1.29 is 18.0 Å². The third-order valence-electron chi connectivity index (χ3n) is 4.19. The average Bonchev–Trinajstić information content (AvgIpc) is 2.55. The van der Waals surface area contributed by atoms with Crippen LogP contribution in [0.15, 0.2) is 42.5 Å². The largest absolute Gasteiger partial charge is 0.416 e. The van der Waals surface area contributed by atoms with Crippen LogP contribution in [-0.4, -0.2) is 12.5 Å². The van der Waals surface area contributed by atoms with Crippen LogP contribution in [0, 0.1) is 0 Å². The second kappa shape index (κ2) is 6.19. The first kappa shape index (κ1) is 16.4. The number of rotatable bonds is 3. The van der Waals surface area contributed by atoms with Gasteiger partial charge in [-0.05, 0) is 48.7 Å². The molecule has 1 heterocycles. The minimum Gasteiger partial charge on any atom is -0.378 e. The van der Waals surface area contributed by atoms with Crippen LogP contribution in [0.4, 0.5) is 18.9 Å². The Bertz CT molecular complexity index is 754. The number of halogens is 3. The van der Waals surface area contributed by atoms with Crippen LogP contribution in [-0.2, 0) is 12.6 Å². The van der Waals surface area contributed by atoms with Crippen molar-refractivity contribution in [3.8, 4) is 0 Å². The van der Waals surface area contributed by atoms with E-state index in [0.717, 1.165) is 35.4 Å². The Hall–Kier alpha value is -2.50. The zero-order valence-corrected chi connectivity index (χ0v) is 13.1. The van der Waals surface area contributed by atoms with Crippen LogP contribution in [0.2, 0.25) is 0 Å².